The lowest BCUT2D eigenvalue weighted by molar-refractivity contribution is 0.0659. The van der Waals surface area contributed by atoms with Gasteiger partial charge in [-0.3, -0.25) is 4.79 Å². The van der Waals surface area contributed by atoms with Crippen molar-refractivity contribution in [1.29, 1.82) is 0 Å². The number of rotatable bonds is 5. The van der Waals surface area contributed by atoms with Crippen molar-refractivity contribution in [2.75, 3.05) is 13.1 Å². The smallest absolute Gasteiger partial charge is 0.336 e. The molecule has 0 bridgehead atoms. The number of carbonyl (C=O) groups is 2. The van der Waals surface area contributed by atoms with Crippen LogP contribution in [0.4, 0.5) is 0 Å². The summed E-state index contributed by atoms with van der Waals surface area (Å²) < 4.78 is 0. The van der Waals surface area contributed by atoms with E-state index in [0.29, 0.717) is 12.5 Å². The Morgan fingerprint density at radius 2 is 1.89 bits per heavy atom. The standard InChI is InChI=1S/C15H19NO3/c1-2-16(10-11-6-5-7-11)14(17)12-8-3-4-9-13(12)15(18)19/h3-4,8-9,11H,2,5-7,10H2,1H3,(H,18,19). The Hall–Kier alpha value is -1.84. The van der Waals surface area contributed by atoms with Crippen LogP contribution < -0.4 is 0 Å². The highest BCUT2D eigenvalue weighted by Crippen LogP contribution is 2.27. The maximum Gasteiger partial charge on any atom is 0.336 e. The van der Waals surface area contributed by atoms with Crippen LogP contribution in [-0.4, -0.2) is 35.0 Å². The first kappa shape index (κ1) is 13.6. The first-order chi connectivity index (χ1) is 9.13. The van der Waals surface area contributed by atoms with Gasteiger partial charge in [-0.15, -0.1) is 0 Å². The summed E-state index contributed by atoms with van der Waals surface area (Å²) in [6, 6.07) is 6.42. The fraction of sp³-hybridized carbons (Fsp3) is 0.467. The molecule has 4 heteroatoms. The van der Waals surface area contributed by atoms with E-state index in [1.807, 2.05) is 6.92 Å². The second kappa shape index (κ2) is 5.87. The summed E-state index contributed by atoms with van der Waals surface area (Å²) >= 11 is 0. The molecule has 1 aromatic rings. The number of aromatic carboxylic acids is 1. The average Bonchev–Trinajstić information content (AvgIpc) is 2.37. The normalized spacial score (nSPS) is 14.8. The zero-order chi connectivity index (χ0) is 13.8. The van der Waals surface area contributed by atoms with Crippen LogP contribution in [0, 0.1) is 5.92 Å². The number of nitrogens with zero attached hydrogens (tertiary/aromatic N) is 1. The van der Waals surface area contributed by atoms with E-state index >= 15 is 0 Å². The summed E-state index contributed by atoms with van der Waals surface area (Å²) in [5.74, 6) is -0.642. The lowest BCUT2D eigenvalue weighted by Crippen LogP contribution is -2.37. The number of carboxylic acid groups (broad SMARTS) is 1. The molecule has 0 heterocycles. The third-order valence-corrected chi connectivity index (χ3v) is 3.76. The molecule has 1 aromatic carbocycles. The molecule has 0 atom stereocenters. The number of carbonyl (C=O) groups excluding carboxylic acids is 1. The van der Waals surface area contributed by atoms with Gasteiger partial charge < -0.3 is 10.0 Å². The van der Waals surface area contributed by atoms with Crippen LogP contribution in [0.3, 0.4) is 0 Å². The van der Waals surface area contributed by atoms with Crippen molar-refractivity contribution >= 4 is 11.9 Å². The van der Waals surface area contributed by atoms with Crippen molar-refractivity contribution < 1.29 is 14.7 Å². The first-order valence-corrected chi connectivity index (χ1v) is 6.75. The Kier molecular flexibility index (Phi) is 4.20. The van der Waals surface area contributed by atoms with Gasteiger partial charge in [-0.25, -0.2) is 4.79 Å². The van der Waals surface area contributed by atoms with E-state index in [0.717, 1.165) is 6.54 Å². The molecule has 1 amide bonds. The molecule has 4 nitrogen and oxygen atoms in total. The maximum absolute atomic E-state index is 12.4. The topological polar surface area (TPSA) is 57.6 Å². The van der Waals surface area contributed by atoms with E-state index in [9.17, 15) is 9.59 Å². The average molecular weight is 261 g/mol. The molecular formula is C15H19NO3. The van der Waals surface area contributed by atoms with Gasteiger partial charge in [0.05, 0.1) is 11.1 Å². The van der Waals surface area contributed by atoms with Gasteiger partial charge in [0.2, 0.25) is 0 Å². The second-order valence-electron chi connectivity index (χ2n) is 4.99. The van der Waals surface area contributed by atoms with Crippen LogP contribution in [0.1, 0.15) is 46.9 Å². The molecule has 0 spiro atoms. The lowest BCUT2D eigenvalue weighted by atomic mass is 9.85. The fourth-order valence-electron chi connectivity index (χ4n) is 2.37. The van der Waals surface area contributed by atoms with Gasteiger partial charge in [0.1, 0.15) is 0 Å². The van der Waals surface area contributed by atoms with E-state index in [4.69, 9.17) is 5.11 Å². The van der Waals surface area contributed by atoms with Gasteiger partial charge in [-0.1, -0.05) is 18.6 Å². The highest BCUT2D eigenvalue weighted by molar-refractivity contribution is 6.04. The number of amides is 1. The Morgan fingerprint density at radius 1 is 1.26 bits per heavy atom. The van der Waals surface area contributed by atoms with Crippen molar-refractivity contribution in [1.82, 2.24) is 4.90 Å². The van der Waals surface area contributed by atoms with E-state index in [-0.39, 0.29) is 17.0 Å². The summed E-state index contributed by atoms with van der Waals surface area (Å²) in [6.45, 7) is 3.28. The van der Waals surface area contributed by atoms with Crippen molar-refractivity contribution in [3.05, 3.63) is 35.4 Å². The molecule has 0 aliphatic heterocycles. The molecule has 1 aliphatic rings. The number of benzene rings is 1. The minimum Gasteiger partial charge on any atom is -0.478 e. The van der Waals surface area contributed by atoms with E-state index < -0.39 is 5.97 Å². The van der Waals surface area contributed by atoms with Crippen LogP contribution in [0.5, 0.6) is 0 Å². The molecule has 1 fully saturated rings. The predicted octanol–water partition coefficient (Wildman–Crippen LogP) is 2.65. The summed E-state index contributed by atoms with van der Waals surface area (Å²) in [7, 11) is 0. The predicted molar refractivity (Wildman–Crippen MR) is 72.3 cm³/mol. The molecule has 0 unspecified atom stereocenters. The highest BCUT2D eigenvalue weighted by atomic mass is 16.4. The Balaban J connectivity index is 2.18. The van der Waals surface area contributed by atoms with Crippen molar-refractivity contribution in [3.63, 3.8) is 0 Å². The van der Waals surface area contributed by atoms with E-state index in [2.05, 4.69) is 0 Å². The van der Waals surface area contributed by atoms with Crippen LogP contribution in [-0.2, 0) is 0 Å². The molecule has 102 valence electrons. The van der Waals surface area contributed by atoms with Gasteiger partial charge in [0.15, 0.2) is 0 Å². The maximum atomic E-state index is 12.4. The monoisotopic (exact) mass is 261 g/mol. The molecule has 0 saturated heterocycles. The van der Waals surface area contributed by atoms with Crippen LogP contribution >= 0.6 is 0 Å². The molecule has 2 rings (SSSR count). The molecule has 1 aliphatic carbocycles. The summed E-state index contributed by atoms with van der Waals surface area (Å²) in [6.07, 6.45) is 3.58. The first-order valence-electron chi connectivity index (χ1n) is 6.75. The van der Waals surface area contributed by atoms with Gasteiger partial charge in [-0.2, -0.15) is 0 Å². The highest BCUT2D eigenvalue weighted by Gasteiger charge is 2.25. The molecule has 0 aromatic heterocycles. The largest absolute Gasteiger partial charge is 0.478 e. The lowest BCUT2D eigenvalue weighted by Gasteiger charge is -2.32. The van der Waals surface area contributed by atoms with Crippen LogP contribution in [0.15, 0.2) is 24.3 Å². The Labute approximate surface area is 113 Å². The van der Waals surface area contributed by atoms with E-state index in [1.165, 1.54) is 25.3 Å². The SMILES string of the molecule is CCN(CC1CCC1)C(=O)c1ccccc1C(=O)O. The van der Waals surface area contributed by atoms with Gasteiger partial charge in [0, 0.05) is 13.1 Å². The third-order valence-electron chi connectivity index (χ3n) is 3.76. The van der Waals surface area contributed by atoms with Crippen LogP contribution in [0.25, 0.3) is 0 Å². The minimum absolute atomic E-state index is 0.0829. The van der Waals surface area contributed by atoms with Crippen molar-refractivity contribution in [2.45, 2.75) is 26.2 Å². The number of hydrogen-bond acceptors (Lipinski definition) is 2. The summed E-state index contributed by atoms with van der Waals surface area (Å²) in [5, 5.41) is 9.14. The molecule has 0 radical (unpaired) electrons. The molecule has 19 heavy (non-hydrogen) atoms. The van der Waals surface area contributed by atoms with Crippen molar-refractivity contribution in [2.24, 2.45) is 5.92 Å². The zero-order valence-electron chi connectivity index (χ0n) is 11.1. The molecular weight excluding hydrogens is 242 g/mol. The van der Waals surface area contributed by atoms with Gasteiger partial charge in [-0.05, 0) is 37.8 Å². The molecule has 1 saturated carbocycles. The Bertz CT molecular complexity index is 480. The summed E-state index contributed by atoms with van der Waals surface area (Å²) in [5.41, 5.74) is 0.371. The second-order valence-corrected chi connectivity index (χ2v) is 4.99. The molecule has 1 N–H and O–H groups in total. The Morgan fingerprint density at radius 3 is 2.37 bits per heavy atom. The number of hydrogen-bond donors (Lipinski definition) is 1. The summed E-state index contributed by atoms with van der Waals surface area (Å²) in [4.78, 5) is 25.4. The van der Waals surface area contributed by atoms with Crippen LogP contribution in [0.2, 0.25) is 0 Å². The third kappa shape index (κ3) is 2.95. The van der Waals surface area contributed by atoms with E-state index in [1.54, 1.807) is 23.1 Å². The minimum atomic E-state index is -1.05. The zero-order valence-corrected chi connectivity index (χ0v) is 11.1. The quantitative estimate of drug-likeness (QED) is 0.886. The van der Waals surface area contributed by atoms with Crippen molar-refractivity contribution in [3.8, 4) is 0 Å². The number of carboxylic acids is 1. The fourth-order valence-corrected chi connectivity index (χ4v) is 2.37. The van der Waals surface area contributed by atoms with Gasteiger partial charge in [0.25, 0.3) is 5.91 Å². The van der Waals surface area contributed by atoms with Gasteiger partial charge >= 0.3 is 5.97 Å².